The normalized spacial score (nSPS) is 12.2. The van der Waals surface area contributed by atoms with Crippen LogP contribution in [0.3, 0.4) is 0 Å². The molecule has 3 N–H and O–H groups in total. The number of nitrogens with one attached hydrogen (secondary N) is 1. The number of hydrogen-bond acceptors (Lipinski definition) is 2. The van der Waals surface area contributed by atoms with Gasteiger partial charge in [-0.3, -0.25) is 4.79 Å². The number of carbonyl (C=O) groups excluding carboxylic acids is 1. The molecular weight excluding hydrogens is 256 g/mol. The van der Waals surface area contributed by atoms with Crippen LogP contribution in [0.2, 0.25) is 0 Å². The first-order chi connectivity index (χ1) is 7.13. The topological polar surface area (TPSA) is 55.1 Å². The van der Waals surface area contributed by atoms with Crippen molar-refractivity contribution in [3.63, 3.8) is 0 Å². The highest BCUT2D eigenvalue weighted by atomic mass is 79.9. The first-order valence-corrected chi connectivity index (χ1v) is 5.67. The Labute approximate surface area is 98.2 Å². The molecule has 1 rings (SSSR count). The van der Waals surface area contributed by atoms with Gasteiger partial charge in [-0.15, -0.1) is 0 Å². The lowest BCUT2D eigenvalue weighted by Gasteiger charge is -2.10. The highest BCUT2D eigenvalue weighted by Crippen LogP contribution is 2.22. The summed E-state index contributed by atoms with van der Waals surface area (Å²) in [5.41, 5.74) is 7.66. The van der Waals surface area contributed by atoms with Crippen molar-refractivity contribution in [2.75, 3.05) is 5.32 Å². The molecule has 0 radical (unpaired) electrons. The fraction of sp³-hybridized carbons (Fsp3) is 0.364. The fourth-order valence-corrected chi connectivity index (χ4v) is 1.71. The van der Waals surface area contributed by atoms with E-state index in [0.29, 0.717) is 6.41 Å². The van der Waals surface area contributed by atoms with E-state index in [4.69, 9.17) is 5.73 Å². The van der Waals surface area contributed by atoms with Gasteiger partial charge in [0.2, 0.25) is 6.41 Å². The van der Waals surface area contributed by atoms with E-state index in [9.17, 15) is 4.79 Å². The molecule has 82 valence electrons. The van der Waals surface area contributed by atoms with E-state index in [-0.39, 0.29) is 6.04 Å². The van der Waals surface area contributed by atoms with Crippen LogP contribution in [0.25, 0.3) is 0 Å². The zero-order valence-electron chi connectivity index (χ0n) is 8.66. The molecule has 0 aliphatic carbocycles. The lowest BCUT2D eigenvalue weighted by atomic mass is 10.0. The summed E-state index contributed by atoms with van der Waals surface area (Å²) in [5, 5.41) is 2.69. The zero-order chi connectivity index (χ0) is 11.3. The second-order valence-electron chi connectivity index (χ2n) is 3.58. The van der Waals surface area contributed by atoms with Gasteiger partial charge < -0.3 is 11.1 Å². The number of halogens is 1. The van der Waals surface area contributed by atoms with Gasteiger partial charge in [0.1, 0.15) is 0 Å². The average molecular weight is 271 g/mol. The molecule has 0 aliphatic rings. The monoisotopic (exact) mass is 270 g/mol. The van der Waals surface area contributed by atoms with Gasteiger partial charge in [-0.2, -0.15) is 0 Å². The Bertz CT molecular complexity index is 339. The Morgan fingerprint density at radius 2 is 2.33 bits per heavy atom. The number of carbonyl (C=O) groups is 1. The molecule has 15 heavy (non-hydrogen) atoms. The summed E-state index contributed by atoms with van der Waals surface area (Å²) in [6, 6.07) is 6.04. The van der Waals surface area contributed by atoms with Gasteiger partial charge in [-0.05, 0) is 37.5 Å². The second kappa shape index (κ2) is 5.88. The molecule has 0 spiro atoms. The summed E-state index contributed by atoms with van der Waals surface area (Å²) in [4.78, 5) is 10.4. The molecule has 4 heteroatoms. The molecule has 0 aliphatic heterocycles. The third-order valence-electron chi connectivity index (χ3n) is 2.16. The largest absolute Gasteiger partial charge is 0.328 e. The molecule has 0 aromatic heterocycles. The van der Waals surface area contributed by atoms with Gasteiger partial charge in [0.05, 0.1) is 0 Å². The molecule has 1 amide bonds. The number of rotatable bonds is 5. The summed E-state index contributed by atoms with van der Waals surface area (Å²) in [6.07, 6.45) is 2.48. The van der Waals surface area contributed by atoms with Crippen molar-refractivity contribution in [2.24, 2.45) is 5.73 Å². The summed E-state index contributed by atoms with van der Waals surface area (Å²) in [5.74, 6) is 0. The molecule has 1 aromatic carbocycles. The van der Waals surface area contributed by atoms with Crippen LogP contribution >= 0.6 is 15.9 Å². The lowest BCUT2D eigenvalue weighted by Crippen LogP contribution is -2.15. The van der Waals surface area contributed by atoms with Crippen molar-refractivity contribution in [3.8, 4) is 0 Å². The number of anilines is 1. The number of benzene rings is 1. The van der Waals surface area contributed by atoms with E-state index < -0.39 is 0 Å². The number of aryl methyl sites for hydroxylation is 1. The van der Waals surface area contributed by atoms with E-state index in [1.165, 1.54) is 0 Å². The third kappa shape index (κ3) is 4.01. The van der Waals surface area contributed by atoms with Gasteiger partial charge in [0, 0.05) is 16.2 Å². The Morgan fingerprint density at radius 3 is 2.93 bits per heavy atom. The van der Waals surface area contributed by atoms with Gasteiger partial charge in [0.15, 0.2) is 0 Å². The quantitative estimate of drug-likeness (QED) is 0.807. The molecule has 0 bridgehead atoms. The zero-order valence-corrected chi connectivity index (χ0v) is 10.3. The van der Waals surface area contributed by atoms with Gasteiger partial charge in [0.25, 0.3) is 0 Å². The van der Waals surface area contributed by atoms with Crippen molar-refractivity contribution in [1.29, 1.82) is 0 Å². The van der Waals surface area contributed by atoms with Crippen LogP contribution in [0.15, 0.2) is 22.7 Å². The SMILES string of the molecule is C[C@@H](N)CCc1ccc(Br)cc1NC=O. The second-order valence-corrected chi connectivity index (χ2v) is 4.50. The van der Waals surface area contributed by atoms with Crippen molar-refractivity contribution >= 4 is 28.0 Å². The lowest BCUT2D eigenvalue weighted by molar-refractivity contribution is -0.105. The minimum absolute atomic E-state index is 0.178. The molecule has 0 saturated carbocycles. The van der Waals surface area contributed by atoms with Crippen LogP contribution in [0.4, 0.5) is 5.69 Å². The van der Waals surface area contributed by atoms with Crippen LogP contribution in [-0.4, -0.2) is 12.5 Å². The molecule has 0 saturated heterocycles. The predicted octanol–water partition coefficient (Wildman–Crippen LogP) is 2.30. The van der Waals surface area contributed by atoms with Crippen LogP contribution in [0, 0.1) is 0 Å². The standard InChI is InChI=1S/C11H15BrN2O/c1-8(13)2-3-9-4-5-10(12)6-11(9)14-7-15/h4-8H,2-3,13H2,1H3,(H,14,15)/t8-/m1/s1. The van der Waals surface area contributed by atoms with E-state index in [2.05, 4.69) is 21.2 Å². The fourth-order valence-electron chi connectivity index (χ4n) is 1.35. The molecule has 1 aromatic rings. The Morgan fingerprint density at radius 1 is 1.60 bits per heavy atom. The van der Waals surface area contributed by atoms with Crippen molar-refractivity contribution < 1.29 is 4.79 Å². The molecule has 0 heterocycles. The first kappa shape index (κ1) is 12.2. The van der Waals surface area contributed by atoms with Crippen LogP contribution in [-0.2, 0) is 11.2 Å². The molecule has 0 fully saturated rings. The maximum Gasteiger partial charge on any atom is 0.211 e. The molecule has 1 atom stereocenters. The maximum atomic E-state index is 10.4. The summed E-state index contributed by atoms with van der Waals surface area (Å²) >= 11 is 3.37. The van der Waals surface area contributed by atoms with Crippen LogP contribution in [0.1, 0.15) is 18.9 Å². The van der Waals surface area contributed by atoms with E-state index in [1.807, 2.05) is 25.1 Å². The average Bonchev–Trinajstić information content (AvgIpc) is 2.17. The Kier molecular flexibility index (Phi) is 4.78. The van der Waals surface area contributed by atoms with Crippen LogP contribution < -0.4 is 11.1 Å². The minimum atomic E-state index is 0.178. The van der Waals surface area contributed by atoms with Gasteiger partial charge in [-0.25, -0.2) is 0 Å². The predicted molar refractivity (Wildman–Crippen MR) is 65.8 cm³/mol. The van der Waals surface area contributed by atoms with E-state index >= 15 is 0 Å². The minimum Gasteiger partial charge on any atom is -0.328 e. The summed E-state index contributed by atoms with van der Waals surface area (Å²) in [7, 11) is 0. The first-order valence-electron chi connectivity index (χ1n) is 4.87. The van der Waals surface area contributed by atoms with Crippen molar-refractivity contribution in [3.05, 3.63) is 28.2 Å². The van der Waals surface area contributed by atoms with Crippen LogP contribution in [0.5, 0.6) is 0 Å². The van der Waals surface area contributed by atoms with Gasteiger partial charge >= 0.3 is 0 Å². The van der Waals surface area contributed by atoms with Crippen molar-refractivity contribution in [2.45, 2.75) is 25.8 Å². The Balaban J connectivity index is 2.80. The highest BCUT2D eigenvalue weighted by Gasteiger charge is 2.04. The molecule has 0 unspecified atom stereocenters. The third-order valence-corrected chi connectivity index (χ3v) is 2.65. The van der Waals surface area contributed by atoms with E-state index in [1.54, 1.807) is 0 Å². The number of hydrogen-bond donors (Lipinski definition) is 2. The smallest absolute Gasteiger partial charge is 0.211 e. The highest BCUT2D eigenvalue weighted by molar-refractivity contribution is 9.10. The van der Waals surface area contributed by atoms with E-state index in [0.717, 1.165) is 28.6 Å². The maximum absolute atomic E-state index is 10.4. The molecular formula is C11H15BrN2O. The Hall–Kier alpha value is -0.870. The number of amides is 1. The van der Waals surface area contributed by atoms with Crippen molar-refractivity contribution in [1.82, 2.24) is 0 Å². The summed E-state index contributed by atoms with van der Waals surface area (Å²) < 4.78 is 0.955. The molecule has 3 nitrogen and oxygen atoms in total. The number of nitrogens with two attached hydrogens (primary N) is 1. The van der Waals surface area contributed by atoms with Gasteiger partial charge in [-0.1, -0.05) is 22.0 Å². The summed E-state index contributed by atoms with van der Waals surface area (Å²) in [6.45, 7) is 1.98.